The lowest BCUT2D eigenvalue weighted by molar-refractivity contribution is -0.150. The second-order valence-corrected chi connectivity index (χ2v) is 8.18. The number of ether oxygens (including phenoxy) is 1. The van der Waals surface area contributed by atoms with E-state index in [0.29, 0.717) is 22.6 Å². The number of carbonyl (C=O) groups excluding carboxylic acids is 2. The first-order chi connectivity index (χ1) is 15.2. The van der Waals surface area contributed by atoms with Crippen LogP contribution in [0.3, 0.4) is 0 Å². The van der Waals surface area contributed by atoms with Crippen LogP contribution in [0.4, 0.5) is 0 Å². The summed E-state index contributed by atoms with van der Waals surface area (Å²) in [7, 11) is 0. The van der Waals surface area contributed by atoms with Crippen molar-refractivity contribution in [3.8, 4) is 11.3 Å². The van der Waals surface area contributed by atoms with Gasteiger partial charge in [-0.25, -0.2) is 9.59 Å². The highest BCUT2D eigenvalue weighted by atomic mass is 32.2. The SMILES string of the molecule is CCOC(=O)c1ccc(-c2ccc(/C=C3/SC(=S)N([C@@H](CC(=O)O)C(=O)O)C3=O)o2)cc1. The van der Waals surface area contributed by atoms with Crippen LogP contribution in [0.15, 0.2) is 45.7 Å². The molecule has 11 heteroatoms. The molecular formula is C21H17NO8S2. The zero-order valence-electron chi connectivity index (χ0n) is 16.6. The third kappa shape index (κ3) is 5.06. The second kappa shape index (κ2) is 9.79. The Balaban J connectivity index is 1.79. The van der Waals surface area contributed by atoms with Crippen molar-refractivity contribution >= 4 is 58.2 Å². The van der Waals surface area contributed by atoms with Gasteiger partial charge < -0.3 is 19.4 Å². The minimum absolute atomic E-state index is 0.0452. The lowest BCUT2D eigenvalue weighted by atomic mass is 10.1. The Morgan fingerprint density at radius 1 is 1.19 bits per heavy atom. The van der Waals surface area contributed by atoms with Crippen LogP contribution in [-0.4, -0.2) is 55.9 Å². The normalized spacial score (nSPS) is 15.8. The molecule has 1 atom stereocenters. The highest BCUT2D eigenvalue weighted by Gasteiger charge is 2.41. The maximum atomic E-state index is 12.7. The first kappa shape index (κ1) is 23.2. The Bertz CT molecular complexity index is 1120. The van der Waals surface area contributed by atoms with E-state index >= 15 is 0 Å². The Hall–Kier alpha value is -3.44. The molecule has 32 heavy (non-hydrogen) atoms. The number of carboxylic acids is 2. The molecule has 1 aromatic heterocycles. The molecule has 166 valence electrons. The average Bonchev–Trinajstić information content (AvgIpc) is 3.31. The average molecular weight is 476 g/mol. The summed E-state index contributed by atoms with van der Waals surface area (Å²) in [5.41, 5.74) is 1.10. The number of nitrogens with zero attached hydrogens (tertiary/aromatic N) is 1. The molecule has 0 unspecified atom stereocenters. The Kier molecular flexibility index (Phi) is 7.11. The van der Waals surface area contributed by atoms with Crippen molar-refractivity contribution in [2.45, 2.75) is 19.4 Å². The number of thioether (sulfide) groups is 1. The number of rotatable bonds is 8. The molecule has 1 fully saturated rings. The number of amides is 1. The first-order valence-electron chi connectivity index (χ1n) is 9.30. The Morgan fingerprint density at radius 2 is 1.88 bits per heavy atom. The van der Waals surface area contributed by atoms with Crippen LogP contribution in [-0.2, 0) is 19.1 Å². The van der Waals surface area contributed by atoms with Crippen molar-refractivity contribution in [2.75, 3.05) is 6.61 Å². The van der Waals surface area contributed by atoms with Crippen LogP contribution in [0.1, 0.15) is 29.5 Å². The van der Waals surface area contributed by atoms with Crippen molar-refractivity contribution in [3.63, 3.8) is 0 Å². The largest absolute Gasteiger partial charge is 0.481 e. The fourth-order valence-corrected chi connectivity index (χ4v) is 4.24. The van der Waals surface area contributed by atoms with E-state index < -0.39 is 36.3 Å². The molecule has 0 radical (unpaired) electrons. The number of carboxylic acid groups (broad SMARTS) is 2. The van der Waals surface area contributed by atoms with Gasteiger partial charge in [-0.3, -0.25) is 14.5 Å². The monoisotopic (exact) mass is 475 g/mol. The smallest absolute Gasteiger partial charge is 0.338 e. The van der Waals surface area contributed by atoms with Gasteiger partial charge in [-0.2, -0.15) is 0 Å². The third-order valence-electron chi connectivity index (χ3n) is 4.37. The summed E-state index contributed by atoms with van der Waals surface area (Å²) >= 11 is 5.96. The van der Waals surface area contributed by atoms with Gasteiger partial charge in [-0.15, -0.1) is 0 Å². The van der Waals surface area contributed by atoms with Gasteiger partial charge in [-0.05, 0) is 31.2 Å². The predicted octanol–water partition coefficient (Wildman–Crippen LogP) is 3.25. The molecule has 0 saturated carbocycles. The van der Waals surface area contributed by atoms with E-state index in [4.69, 9.17) is 26.5 Å². The number of thiocarbonyl (C=S) groups is 1. The van der Waals surface area contributed by atoms with E-state index in [1.807, 2.05) is 0 Å². The summed E-state index contributed by atoms with van der Waals surface area (Å²) in [6, 6.07) is 8.29. The molecule has 1 aliphatic heterocycles. The molecule has 2 aromatic rings. The number of carbonyl (C=O) groups is 4. The summed E-state index contributed by atoms with van der Waals surface area (Å²) in [4.78, 5) is 47.8. The molecule has 1 saturated heterocycles. The van der Waals surface area contributed by atoms with Crippen LogP contribution in [0.25, 0.3) is 17.4 Å². The zero-order chi connectivity index (χ0) is 23.4. The van der Waals surface area contributed by atoms with Crippen LogP contribution in [0.5, 0.6) is 0 Å². The molecule has 1 aromatic carbocycles. The van der Waals surface area contributed by atoms with E-state index in [1.165, 1.54) is 6.08 Å². The molecule has 3 rings (SSSR count). The van der Waals surface area contributed by atoms with Gasteiger partial charge in [0.1, 0.15) is 21.9 Å². The molecule has 9 nitrogen and oxygen atoms in total. The van der Waals surface area contributed by atoms with Gasteiger partial charge in [-0.1, -0.05) is 36.1 Å². The van der Waals surface area contributed by atoms with E-state index in [1.54, 1.807) is 43.3 Å². The minimum Gasteiger partial charge on any atom is -0.481 e. The van der Waals surface area contributed by atoms with Crippen molar-refractivity contribution in [2.24, 2.45) is 0 Å². The lowest BCUT2D eigenvalue weighted by Gasteiger charge is -2.21. The summed E-state index contributed by atoms with van der Waals surface area (Å²) in [6.07, 6.45) is 0.636. The maximum absolute atomic E-state index is 12.7. The van der Waals surface area contributed by atoms with Gasteiger partial charge in [0.15, 0.2) is 0 Å². The fraction of sp³-hybridized carbons (Fsp3) is 0.190. The zero-order valence-corrected chi connectivity index (χ0v) is 18.3. The quantitative estimate of drug-likeness (QED) is 0.333. The van der Waals surface area contributed by atoms with Gasteiger partial charge in [0, 0.05) is 11.6 Å². The van der Waals surface area contributed by atoms with E-state index in [2.05, 4.69) is 0 Å². The fourth-order valence-electron chi connectivity index (χ4n) is 2.90. The highest BCUT2D eigenvalue weighted by molar-refractivity contribution is 8.26. The molecule has 1 aliphatic rings. The number of esters is 1. The summed E-state index contributed by atoms with van der Waals surface area (Å²) in [5.74, 6) is -3.15. The number of hydrogen-bond donors (Lipinski definition) is 2. The van der Waals surface area contributed by atoms with E-state index in [-0.39, 0.29) is 15.8 Å². The molecule has 0 aliphatic carbocycles. The molecule has 0 spiro atoms. The van der Waals surface area contributed by atoms with Crippen LogP contribution in [0, 0.1) is 0 Å². The standard InChI is InChI=1S/C21H17NO8S2/c1-2-29-20(28)12-5-3-11(4-6-12)15-8-7-13(30-15)9-16-18(25)22(21(31)32-16)14(19(26)27)10-17(23)24/h3-9,14H,2,10H2,1H3,(H,23,24)(H,26,27)/b16-9+/t14-/m0/s1. The summed E-state index contributed by atoms with van der Waals surface area (Å²) < 4.78 is 10.6. The Morgan fingerprint density at radius 3 is 2.47 bits per heavy atom. The number of aliphatic carboxylic acids is 2. The van der Waals surface area contributed by atoms with Crippen molar-refractivity contribution in [1.29, 1.82) is 0 Å². The molecular weight excluding hydrogens is 458 g/mol. The third-order valence-corrected chi connectivity index (χ3v) is 5.70. The highest BCUT2D eigenvalue weighted by Crippen LogP contribution is 2.35. The van der Waals surface area contributed by atoms with Gasteiger partial charge in [0.25, 0.3) is 5.91 Å². The van der Waals surface area contributed by atoms with Gasteiger partial charge in [0.05, 0.1) is 23.5 Å². The first-order valence-corrected chi connectivity index (χ1v) is 10.5. The Labute approximate surface area is 191 Å². The van der Waals surface area contributed by atoms with Crippen molar-refractivity contribution in [1.82, 2.24) is 4.90 Å². The topological polar surface area (TPSA) is 134 Å². The van der Waals surface area contributed by atoms with Crippen molar-refractivity contribution in [3.05, 3.63) is 52.6 Å². The molecule has 2 N–H and O–H groups in total. The predicted molar refractivity (Wildman–Crippen MR) is 119 cm³/mol. The molecule has 0 bridgehead atoms. The van der Waals surface area contributed by atoms with Crippen molar-refractivity contribution < 1.29 is 38.5 Å². The lowest BCUT2D eigenvalue weighted by Crippen LogP contribution is -2.45. The van der Waals surface area contributed by atoms with E-state index in [0.717, 1.165) is 16.7 Å². The van der Waals surface area contributed by atoms with E-state index in [9.17, 15) is 24.3 Å². The molecule has 2 heterocycles. The van der Waals surface area contributed by atoms with Crippen LogP contribution in [0.2, 0.25) is 0 Å². The summed E-state index contributed by atoms with van der Waals surface area (Å²) in [5, 5.41) is 18.3. The maximum Gasteiger partial charge on any atom is 0.338 e. The van der Waals surface area contributed by atoms with Crippen LogP contribution >= 0.6 is 24.0 Å². The number of hydrogen-bond acceptors (Lipinski definition) is 8. The number of furan rings is 1. The summed E-state index contributed by atoms with van der Waals surface area (Å²) in [6.45, 7) is 2.00. The number of benzene rings is 1. The van der Waals surface area contributed by atoms with Gasteiger partial charge in [0.2, 0.25) is 0 Å². The second-order valence-electron chi connectivity index (χ2n) is 6.50. The van der Waals surface area contributed by atoms with Crippen LogP contribution < -0.4 is 0 Å². The minimum atomic E-state index is -1.60. The van der Waals surface area contributed by atoms with Gasteiger partial charge >= 0.3 is 17.9 Å². The molecule has 1 amide bonds.